The molecule has 1 N–H and O–H groups in total. The van der Waals surface area contributed by atoms with E-state index in [0.29, 0.717) is 12.3 Å². The van der Waals surface area contributed by atoms with Crippen LogP contribution in [-0.2, 0) is 4.79 Å². The van der Waals surface area contributed by atoms with Gasteiger partial charge in [0.25, 0.3) is 0 Å². The van der Waals surface area contributed by atoms with Crippen molar-refractivity contribution >= 4 is 5.91 Å². The standard InChI is InChI=1S/C13H26N2O/c1-12(2)6-7-13(16)14-8-11-15-9-4-3-5-10-15/h12H,3-11H2,1-2H3,(H,14,16). The highest BCUT2D eigenvalue weighted by Gasteiger charge is 2.09. The first-order chi connectivity index (χ1) is 7.68. The highest BCUT2D eigenvalue weighted by molar-refractivity contribution is 5.75. The van der Waals surface area contributed by atoms with Crippen molar-refractivity contribution in [3.05, 3.63) is 0 Å². The molecule has 0 aromatic carbocycles. The molecule has 0 saturated carbocycles. The lowest BCUT2D eigenvalue weighted by molar-refractivity contribution is -0.121. The number of likely N-dealkylation sites (tertiary alicyclic amines) is 1. The van der Waals surface area contributed by atoms with Crippen LogP contribution in [0.1, 0.15) is 46.0 Å². The molecule has 0 radical (unpaired) electrons. The summed E-state index contributed by atoms with van der Waals surface area (Å²) in [5.74, 6) is 0.832. The van der Waals surface area contributed by atoms with Gasteiger partial charge >= 0.3 is 0 Å². The zero-order chi connectivity index (χ0) is 11.8. The van der Waals surface area contributed by atoms with Gasteiger partial charge in [-0.1, -0.05) is 20.3 Å². The van der Waals surface area contributed by atoms with E-state index in [2.05, 4.69) is 24.1 Å². The van der Waals surface area contributed by atoms with Gasteiger partial charge in [0.1, 0.15) is 0 Å². The second-order valence-corrected chi connectivity index (χ2v) is 5.18. The first-order valence-electron chi connectivity index (χ1n) is 6.67. The number of hydrogen-bond donors (Lipinski definition) is 1. The summed E-state index contributed by atoms with van der Waals surface area (Å²) in [6.45, 7) is 8.57. The third-order valence-electron chi connectivity index (χ3n) is 3.15. The molecule has 1 heterocycles. The first-order valence-corrected chi connectivity index (χ1v) is 6.67. The lowest BCUT2D eigenvalue weighted by Crippen LogP contribution is -2.37. The summed E-state index contributed by atoms with van der Waals surface area (Å²) in [6, 6.07) is 0. The van der Waals surface area contributed by atoms with Gasteiger partial charge in [0, 0.05) is 19.5 Å². The molecule has 1 aliphatic heterocycles. The van der Waals surface area contributed by atoms with E-state index in [-0.39, 0.29) is 5.91 Å². The van der Waals surface area contributed by atoms with Crippen LogP contribution in [0.3, 0.4) is 0 Å². The SMILES string of the molecule is CC(C)CCC(=O)NCCN1CCCCC1. The predicted molar refractivity (Wildman–Crippen MR) is 67.4 cm³/mol. The van der Waals surface area contributed by atoms with E-state index in [1.807, 2.05) is 0 Å². The van der Waals surface area contributed by atoms with Crippen molar-refractivity contribution in [3.63, 3.8) is 0 Å². The van der Waals surface area contributed by atoms with Crippen LogP contribution in [-0.4, -0.2) is 37.0 Å². The normalized spacial score (nSPS) is 17.7. The Morgan fingerprint density at radius 3 is 2.56 bits per heavy atom. The minimum Gasteiger partial charge on any atom is -0.355 e. The van der Waals surface area contributed by atoms with E-state index in [1.165, 1.54) is 32.4 Å². The van der Waals surface area contributed by atoms with Crippen molar-refractivity contribution in [3.8, 4) is 0 Å². The second-order valence-electron chi connectivity index (χ2n) is 5.18. The number of nitrogens with zero attached hydrogens (tertiary/aromatic N) is 1. The summed E-state index contributed by atoms with van der Waals surface area (Å²) in [5, 5.41) is 3.00. The quantitative estimate of drug-likeness (QED) is 0.751. The number of amides is 1. The third-order valence-corrected chi connectivity index (χ3v) is 3.15. The molecule has 1 amide bonds. The summed E-state index contributed by atoms with van der Waals surface area (Å²) in [5.41, 5.74) is 0. The van der Waals surface area contributed by atoms with Crippen LogP contribution in [0.15, 0.2) is 0 Å². The van der Waals surface area contributed by atoms with Crippen molar-refractivity contribution in [2.24, 2.45) is 5.92 Å². The molecular weight excluding hydrogens is 200 g/mol. The smallest absolute Gasteiger partial charge is 0.220 e. The van der Waals surface area contributed by atoms with Crippen LogP contribution in [0.4, 0.5) is 0 Å². The highest BCUT2D eigenvalue weighted by Crippen LogP contribution is 2.07. The van der Waals surface area contributed by atoms with Gasteiger partial charge in [-0.2, -0.15) is 0 Å². The van der Waals surface area contributed by atoms with Crippen LogP contribution < -0.4 is 5.32 Å². The van der Waals surface area contributed by atoms with Gasteiger partial charge in [0.05, 0.1) is 0 Å². The molecule has 0 atom stereocenters. The number of piperidine rings is 1. The van der Waals surface area contributed by atoms with Gasteiger partial charge in [-0.25, -0.2) is 0 Å². The summed E-state index contributed by atoms with van der Waals surface area (Å²) in [7, 11) is 0. The van der Waals surface area contributed by atoms with Crippen molar-refractivity contribution < 1.29 is 4.79 Å². The molecule has 0 aromatic rings. The van der Waals surface area contributed by atoms with Gasteiger partial charge in [-0.3, -0.25) is 4.79 Å². The largest absolute Gasteiger partial charge is 0.355 e. The Bertz CT molecular complexity index is 198. The van der Waals surface area contributed by atoms with Gasteiger partial charge in [0.2, 0.25) is 5.91 Å². The summed E-state index contributed by atoms with van der Waals surface area (Å²) >= 11 is 0. The average Bonchev–Trinajstić information content (AvgIpc) is 2.28. The minimum absolute atomic E-state index is 0.214. The van der Waals surface area contributed by atoms with E-state index in [1.54, 1.807) is 0 Å². The molecule has 0 unspecified atom stereocenters. The fourth-order valence-electron chi connectivity index (χ4n) is 2.04. The molecule has 0 spiro atoms. The molecule has 1 fully saturated rings. The Morgan fingerprint density at radius 2 is 1.94 bits per heavy atom. The summed E-state index contributed by atoms with van der Waals surface area (Å²) in [4.78, 5) is 13.9. The highest BCUT2D eigenvalue weighted by atomic mass is 16.1. The summed E-state index contributed by atoms with van der Waals surface area (Å²) < 4.78 is 0. The van der Waals surface area contributed by atoms with Gasteiger partial charge in [0.15, 0.2) is 0 Å². The number of carbonyl (C=O) groups is 1. The molecule has 3 heteroatoms. The van der Waals surface area contributed by atoms with Crippen LogP contribution in [0, 0.1) is 5.92 Å². The van der Waals surface area contributed by atoms with Crippen LogP contribution in [0.25, 0.3) is 0 Å². The molecule has 0 bridgehead atoms. The maximum atomic E-state index is 11.5. The van der Waals surface area contributed by atoms with Crippen molar-refractivity contribution in [2.75, 3.05) is 26.2 Å². The lowest BCUT2D eigenvalue weighted by atomic mass is 10.1. The van der Waals surface area contributed by atoms with E-state index < -0.39 is 0 Å². The van der Waals surface area contributed by atoms with Gasteiger partial charge in [-0.15, -0.1) is 0 Å². The van der Waals surface area contributed by atoms with Crippen molar-refractivity contribution in [1.82, 2.24) is 10.2 Å². The average molecular weight is 226 g/mol. The lowest BCUT2D eigenvalue weighted by Gasteiger charge is -2.26. The molecule has 1 rings (SSSR count). The number of hydrogen-bond acceptors (Lipinski definition) is 2. The zero-order valence-corrected chi connectivity index (χ0v) is 10.8. The zero-order valence-electron chi connectivity index (χ0n) is 10.8. The number of rotatable bonds is 6. The monoisotopic (exact) mass is 226 g/mol. The van der Waals surface area contributed by atoms with Gasteiger partial charge in [-0.05, 0) is 38.3 Å². The molecule has 3 nitrogen and oxygen atoms in total. The Kier molecular flexibility index (Phi) is 6.46. The van der Waals surface area contributed by atoms with Crippen LogP contribution in [0.2, 0.25) is 0 Å². The molecule has 0 aliphatic carbocycles. The fourth-order valence-corrected chi connectivity index (χ4v) is 2.04. The minimum atomic E-state index is 0.214. The first kappa shape index (κ1) is 13.5. The maximum Gasteiger partial charge on any atom is 0.220 e. The Labute approximate surface area is 99.6 Å². The Morgan fingerprint density at radius 1 is 1.25 bits per heavy atom. The predicted octanol–water partition coefficient (Wildman–Crippen LogP) is 2.02. The number of nitrogens with one attached hydrogen (secondary N) is 1. The molecule has 1 saturated heterocycles. The fraction of sp³-hybridized carbons (Fsp3) is 0.923. The molecule has 1 aliphatic rings. The van der Waals surface area contributed by atoms with Crippen LogP contribution in [0.5, 0.6) is 0 Å². The Hall–Kier alpha value is -0.570. The maximum absolute atomic E-state index is 11.5. The van der Waals surface area contributed by atoms with E-state index >= 15 is 0 Å². The van der Waals surface area contributed by atoms with Crippen LogP contribution >= 0.6 is 0 Å². The van der Waals surface area contributed by atoms with Crippen molar-refractivity contribution in [2.45, 2.75) is 46.0 Å². The molecular formula is C13H26N2O. The van der Waals surface area contributed by atoms with E-state index in [0.717, 1.165) is 19.5 Å². The molecule has 0 aromatic heterocycles. The third kappa shape index (κ3) is 6.11. The van der Waals surface area contributed by atoms with Gasteiger partial charge < -0.3 is 10.2 Å². The second kappa shape index (κ2) is 7.66. The summed E-state index contributed by atoms with van der Waals surface area (Å²) in [6.07, 6.45) is 5.69. The van der Waals surface area contributed by atoms with E-state index in [4.69, 9.17) is 0 Å². The Balaban J connectivity index is 1.99. The van der Waals surface area contributed by atoms with Crippen molar-refractivity contribution in [1.29, 1.82) is 0 Å². The van der Waals surface area contributed by atoms with E-state index in [9.17, 15) is 4.79 Å². The molecule has 16 heavy (non-hydrogen) atoms. The number of carbonyl (C=O) groups excluding carboxylic acids is 1. The topological polar surface area (TPSA) is 32.3 Å². The molecule has 94 valence electrons.